The summed E-state index contributed by atoms with van der Waals surface area (Å²) in [6.45, 7) is 0. The van der Waals surface area contributed by atoms with Gasteiger partial charge in [-0.2, -0.15) is 0 Å². The van der Waals surface area contributed by atoms with E-state index in [4.69, 9.17) is 3.50 Å². The molecule has 0 N–H and O–H groups in total. The van der Waals surface area contributed by atoms with Gasteiger partial charge in [0.2, 0.25) is 0 Å². The van der Waals surface area contributed by atoms with E-state index in [1.54, 1.807) is 19.3 Å². The fourth-order valence-electron chi connectivity index (χ4n) is 4.18. The fraction of sp³-hybridized carbons (Fsp3) is 1.00. The Kier molecular flexibility index (Phi) is 1.64. The van der Waals surface area contributed by atoms with E-state index >= 15 is 0 Å². The predicted molar refractivity (Wildman–Crippen MR) is 43.3 cm³/mol. The quantitative estimate of drug-likeness (QED) is 0.700. The van der Waals surface area contributed by atoms with Gasteiger partial charge in [0.05, 0.1) is 0 Å². The summed E-state index contributed by atoms with van der Waals surface area (Å²) >= 11 is 1.46. The Morgan fingerprint density at radius 2 is 1.33 bits per heavy atom. The summed E-state index contributed by atoms with van der Waals surface area (Å²) in [6.07, 6.45) is 8.98. The van der Waals surface area contributed by atoms with Crippen LogP contribution in [0.2, 0.25) is 0 Å². The van der Waals surface area contributed by atoms with Gasteiger partial charge in [-0.15, -0.1) is 0 Å². The van der Waals surface area contributed by atoms with Gasteiger partial charge in [-0.3, -0.25) is 0 Å². The van der Waals surface area contributed by atoms with Gasteiger partial charge in [-0.1, -0.05) is 0 Å². The molecule has 4 aliphatic rings. The van der Waals surface area contributed by atoms with Crippen LogP contribution in [0.4, 0.5) is 0 Å². The van der Waals surface area contributed by atoms with Crippen molar-refractivity contribution in [2.24, 2.45) is 21.2 Å². The Morgan fingerprint density at radius 1 is 0.917 bits per heavy atom. The van der Waals surface area contributed by atoms with Crippen molar-refractivity contribution in [3.8, 4) is 0 Å². The van der Waals surface area contributed by atoms with Gasteiger partial charge in [-0.25, -0.2) is 0 Å². The first-order valence-corrected chi connectivity index (χ1v) is 6.45. The molecule has 2 heteroatoms. The zero-order chi connectivity index (χ0) is 8.18. The molecule has 4 fully saturated rings. The summed E-state index contributed by atoms with van der Waals surface area (Å²) in [5.41, 5.74) is 0.504. The molecule has 0 atom stereocenters. The molecule has 0 saturated heterocycles. The van der Waals surface area contributed by atoms with Gasteiger partial charge in [0, 0.05) is 0 Å². The molecule has 0 heterocycles. The molecular formula is C10H15NW. The van der Waals surface area contributed by atoms with Crippen LogP contribution in [0.1, 0.15) is 38.5 Å². The SMILES string of the molecule is [W]=[N]C12CC3CC(CC(C3)C1)C2. The topological polar surface area (TPSA) is 12.4 Å². The molecule has 1 nitrogen and oxygen atoms in total. The predicted octanol–water partition coefficient (Wildman–Crippen LogP) is 2.69. The summed E-state index contributed by atoms with van der Waals surface area (Å²) in [4.78, 5) is 0. The summed E-state index contributed by atoms with van der Waals surface area (Å²) in [5, 5.41) is 0. The second-order valence-electron chi connectivity index (χ2n) is 5.23. The first-order chi connectivity index (χ1) is 5.80. The summed E-state index contributed by atoms with van der Waals surface area (Å²) < 4.78 is 4.76. The fourth-order valence-corrected chi connectivity index (χ4v) is 4.98. The van der Waals surface area contributed by atoms with Gasteiger partial charge in [0.1, 0.15) is 0 Å². The average molecular weight is 333 g/mol. The van der Waals surface area contributed by atoms with Gasteiger partial charge in [-0.05, 0) is 0 Å². The number of rotatable bonds is 1. The Balaban J connectivity index is 1.95. The normalized spacial score (nSPS) is 55.8. The first-order valence-electron chi connectivity index (χ1n) is 5.14. The van der Waals surface area contributed by atoms with Crippen molar-refractivity contribution < 1.29 is 19.6 Å². The second kappa shape index (κ2) is 2.50. The van der Waals surface area contributed by atoms with Crippen LogP contribution in [0.3, 0.4) is 0 Å². The van der Waals surface area contributed by atoms with Crippen LogP contribution in [-0.2, 0) is 19.6 Å². The van der Waals surface area contributed by atoms with Crippen molar-refractivity contribution >= 4 is 0 Å². The van der Waals surface area contributed by atoms with Crippen LogP contribution in [0.15, 0.2) is 3.50 Å². The van der Waals surface area contributed by atoms with Crippen molar-refractivity contribution in [2.45, 2.75) is 44.1 Å². The van der Waals surface area contributed by atoms with Gasteiger partial charge >= 0.3 is 84.9 Å². The summed E-state index contributed by atoms with van der Waals surface area (Å²) in [7, 11) is 0. The van der Waals surface area contributed by atoms with E-state index in [-0.39, 0.29) is 0 Å². The zero-order valence-corrected chi connectivity index (χ0v) is 10.3. The minimum atomic E-state index is 0.504. The van der Waals surface area contributed by atoms with E-state index in [0.29, 0.717) is 5.54 Å². The van der Waals surface area contributed by atoms with E-state index in [9.17, 15) is 0 Å². The van der Waals surface area contributed by atoms with Gasteiger partial charge in [0.15, 0.2) is 0 Å². The minimum absolute atomic E-state index is 0.504. The molecule has 12 heavy (non-hydrogen) atoms. The van der Waals surface area contributed by atoms with E-state index in [1.165, 1.54) is 38.9 Å². The average Bonchev–Trinajstić information content (AvgIpc) is 2.02. The van der Waals surface area contributed by atoms with Crippen LogP contribution in [-0.4, -0.2) is 5.54 Å². The van der Waals surface area contributed by atoms with Crippen molar-refractivity contribution in [2.75, 3.05) is 0 Å². The van der Waals surface area contributed by atoms with Crippen LogP contribution < -0.4 is 0 Å². The Bertz CT molecular complexity index is 189. The van der Waals surface area contributed by atoms with E-state index < -0.39 is 0 Å². The third kappa shape index (κ3) is 1.02. The molecule has 0 amide bonds. The van der Waals surface area contributed by atoms with Crippen LogP contribution >= 0.6 is 0 Å². The van der Waals surface area contributed by atoms with Crippen LogP contribution in [0, 0.1) is 17.8 Å². The summed E-state index contributed by atoms with van der Waals surface area (Å²) in [5.74, 6) is 3.21. The maximum atomic E-state index is 4.76. The number of nitrogens with zero attached hydrogens (tertiary/aromatic N) is 1. The zero-order valence-electron chi connectivity index (χ0n) is 7.33. The molecule has 66 valence electrons. The van der Waals surface area contributed by atoms with Crippen molar-refractivity contribution in [1.82, 2.24) is 0 Å². The standard InChI is InChI=1S/C10H15N.W/c11-10-4-7-1-8(5-10)3-9(2-7)6-10;/h7-9H,1-6H2;. The van der Waals surface area contributed by atoms with E-state index in [2.05, 4.69) is 0 Å². The summed E-state index contributed by atoms with van der Waals surface area (Å²) in [6, 6.07) is 0. The molecule has 4 aliphatic carbocycles. The number of hydrogen-bond acceptors (Lipinski definition) is 1. The van der Waals surface area contributed by atoms with Crippen molar-refractivity contribution in [3.05, 3.63) is 0 Å². The molecule has 4 rings (SSSR count). The third-order valence-electron chi connectivity index (χ3n) is 4.20. The van der Waals surface area contributed by atoms with Crippen molar-refractivity contribution in [1.29, 1.82) is 0 Å². The second-order valence-corrected chi connectivity index (χ2v) is 5.89. The molecule has 0 aromatic heterocycles. The monoisotopic (exact) mass is 333 g/mol. The van der Waals surface area contributed by atoms with Gasteiger partial charge in [0.25, 0.3) is 0 Å². The molecular weight excluding hydrogens is 318 g/mol. The Hall–Kier alpha value is 0.488. The Labute approximate surface area is 85.1 Å². The molecule has 0 radical (unpaired) electrons. The Morgan fingerprint density at radius 3 is 1.67 bits per heavy atom. The molecule has 0 aliphatic heterocycles. The molecule has 4 bridgehead atoms. The first kappa shape index (κ1) is 7.85. The molecule has 0 aromatic rings. The third-order valence-corrected chi connectivity index (χ3v) is 5.59. The van der Waals surface area contributed by atoms with Gasteiger partial charge < -0.3 is 0 Å². The maximum absolute atomic E-state index is 4.76. The van der Waals surface area contributed by atoms with Crippen LogP contribution in [0.5, 0.6) is 0 Å². The molecule has 4 saturated carbocycles. The van der Waals surface area contributed by atoms with E-state index in [0.717, 1.165) is 17.8 Å². The van der Waals surface area contributed by atoms with E-state index in [1.807, 2.05) is 0 Å². The molecule has 0 spiro atoms. The molecule has 0 unspecified atom stereocenters. The number of hydrogen-bond donors (Lipinski definition) is 0. The molecule has 0 aromatic carbocycles. The van der Waals surface area contributed by atoms with Crippen molar-refractivity contribution in [3.63, 3.8) is 0 Å². The van der Waals surface area contributed by atoms with Crippen LogP contribution in [0.25, 0.3) is 0 Å².